The van der Waals surface area contributed by atoms with Gasteiger partial charge in [-0.3, -0.25) is 14.1 Å². The number of aromatic nitrogens is 1. The number of benzene rings is 1. The molecule has 1 aromatic heterocycles. The molecule has 7 nitrogen and oxygen atoms in total. The average molecular weight is 391 g/mol. The zero-order valence-electron chi connectivity index (χ0n) is 15.6. The second-order valence-corrected chi connectivity index (χ2v) is 8.48. The lowest BCUT2D eigenvalue weighted by Crippen LogP contribution is -2.43. The third-order valence-corrected chi connectivity index (χ3v) is 5.34. The molecular weight excluding hydrogens is 370 g/mol. The molecule has 2 aliphatic rings. The summed E-state index contributed by atoms with van der Waals surface area (Å²) in [5, 5.41) is 0. The van der Waals surface area contributed by atoms with E-state index in [1.165, 1.54) is 4.57 Å². The summed E-state index contributed by atoms with van der Waals surface area (Å²) in [5.74, 6) is -2.52. The van der Waals surface area contributed by atoms with Crippen LogP contribution < -0.4 is 4.87 Å². The topological polar surface area (TPSA) is 76.0 Å². The lowest BCUT2D eigenvalue weighted by atomic mass is 10.1. The van der Waals surface area contributed by atoms with Crippen molar-refractivity contribution in [2.24, 2.45) is 0 Å². The number of nitrogens with zero attached hydrogens (tertiary/aromatic N) is 1. The molecular formula is C19H21NO6S. The van der Waals surface area contributed by atoms with Crippen LogP contribution in [0.3, 0.4) is 0 Å². The van der Waals surface area contributed by atoms with Gasteiger partial charge >= 0.3 is 10.8 Å². The van der Waals surface area contributed by atoms with Gasteiger partial charge in [0.25, 0.3) is 5.72 Å². The fraction of sp³-hybridized carbons (Fsp3) is 0.474. The monoisotopic (exact) mass is 391 g/mol. The van der Waals surface area contributed by atoms with E-state index in [1.807, 2.05) is 32.0 Å². The van der Waals surface area contributed by atoms with Crippen LogP contribution in [-0.2, 0) is 29.5 Å². The van der Waals surface area contributed by atoms with Crippen LogP contribution in [0, 0.1) is 0 Å². The van der Waals surface area contributed by atoms with Crippen LogP contribution in [-0.4, -0.2) is 34.8 Å². The predicted molar refractivity (Wildman–Crippen MR) is 99.4 cm³/mol. The van der Waals surface area contributed by atoms with Gasteiger partial charge in [0, 0.05) is 13.8 Å². The fourth-order valence-electron chi connectivity index (χ4n) is 3.38. The molecule has 4 rings (SSSR count). The summed E-state index contributed by atoms with van der Waals surface area (Å²) in [6, 6.07) is 7.26. The maximum absolute atomic E-state index is 12.9. The highest BCUT2D eigenvalue weighted by Crippen LogP contribution is 2.39. The van der Waals surface area contributed by atoms with E-state index in [9.17, 15) is 9.59 Å². The first-order valence-electron chi connectivity index (χ1n) is 8.68. The molecule has 0 radical (unpaired) electrons. The minimum Gasteiger partial charge on any atom is -0.430 e. The lowest BCUT2D eigenvalue weighted by Gasteiger charge is -2.25. The fourth-order valence-corrected chi connectivity index (χ4v) is 4.30. The molecule has 1 aromatic carbocycles. The first-order valence-corrected chi connectivity index (χ1v) is 9.49. The molecule has 0 unspecified atom stereocenters. The number of carbonyl (C=O) groups is 1. The van der Waals surface area contributed by atoms with Gasteiger partial charge in [-0.05, 0) is 32.1 Å². The number of fused-ring (bicyclic) bond motifs is 1. The molecule has 144 valence electrons. The van der Waals surface area contributed by atoms with Crippen molar-refractivity contribution < 1.29 is 23.7 Å². The van der Waals surface area contributed by atoms with E-state index in [0.29, 0.717) is 12.1 Å². The van der Waals surface area contributed by atoms with Crippen molar-refractivity contribution in [1.29, 1.82) is 0 Å². The highest BCUT2D eigenvalue weighted by Gasteiger charge is 2.55. The van der Waals surface area contributed by atoms with Crippen molar-refractivity contribution >= 4 is 27.5 Å². The number of rotatable bonds is 3. The van der Waals surface area contributed by atoms with Crippen molar-refractivity contribution in [3.05, 3.63) is 46.1 Å². The Morgan fingerprint density at radius 1 is 1.15 bits per heavy atom. The van der Waals surface area contributed by atoms with E-state index in [0.717, 1.165) is 16.0 Å². The smallest absolute Gasteiger partial charge is 0.367 e. The Hall–Kier alpha value is -2.00. The Labute approximate surface area is 160 Å². The summed E-state index contributed by atoms with van der Waals surface area (Å²) < 4.78 is 24.9. The molecule has 2 aliphatic heterocycles. The van der Waals surface area contributed by atoms with Crippen molar-refractivity contribution in [3.8, 4) is 0 Å². The van der Waals surface area contributed by atoms with Crippen LogP contribution in [0.1, 0.15) is 27.7 Å². The molecule has 2 saturated heterocycles. The summed E-state index contributed by atoms with van der Waals surface area (Å²) in [5.41, 5.74) is -1.09. The number of hydrogen-bond donors (Lipinski definition) is 0. The number of thiazole rings is 1. The van der Waals surface area contributed by atoms with Crippen molar-refractivity contribution in [1.82, 2.24) is 4.57 Å². The van der Waals surface area contributed by atoms with Crippen molar-refractivity contribution in [2.75, 3.05) is 6.61 Å². The number of ether oxygens (including phenoxy) is 4. The van der Waals surface area contributed by atoms with Gasteiger partial charge in [0.2, 0.25) is 5.79 Å². The molecule has 2 aromatic rings. The van der Waals surface area contributed by atoms with Gasteiger partial charge in [-0.15, -0.1) is 0 Å². The number of cyclic esters (lactones) is 1. The van der Waals surface area contributed by atoms with Crippen LogP contribution in [0.4, 0.5) is 0 Å². The van der Waals surface area contributed by atoms with E-state index in [-0.39, 0.29) is 11.0 Å². The van der Waals surface area contributed by atoms with E-state index < -0.39 is 23.3 Å². The summed E-state index contributed by atoms with van der Waals surface area (Å²) in [6.07, 6.45) is 2.87. The largest absolute Gasteiger partial charge is 0.430 e. The SMILES string of the molecule is CC1(C)OC[C@H](/C=C/[C@]2(n3c(=O)sc4ccccc43)OC(C)(C)OC2=O)O1. The summed E-state index contributed by atoms with van der Waals surface area (Å²) in [4.78, 5) is 25.4. The Bertz CT molecular complexity index is 987. The second-order valence-electron chi connectivity index (χ2n) is 7.49. The van der Waals surface area contributed by atoms with Gasteiger partial charge in [0.15, 0.2) is 5.79 Å². The first kappa shape index (κ1) is 18.4. The van der Waals surface area contributed by atoms with Gasteiger partial charge in [-0.25, -0.2) is 4.79 Å². The average Bonchev–Trinajstić information content (AvgIpc) is 3.16. The Balaban J connectivity index is 1.84. The molecule has 0 aliphatic carbocycles. The summed E-state index contributed by atoms with van der Waals surface area (Å²) in [6.45, 7) is 7.25. The third-order valence-electron chi connectivity index (χ3n) is 4.42. The predicted octanol–water partition coefficient (Wildman–Crippen LogP) is 2.73. The standard InChI is InChI=1S/C19H21NO6S/c1-17(2)23-11-12(24-17)9-10-19(15(21)25-18(3,4)26-19)20-13-7-5-6-8-14(13)27-16(20)22/h5-10,12H,11H2,1-4H3/b10-9+/t12-,19-/m0/s1. The Kier molecular flexibility index (Phi) is 4.08. The van der Waals surface area contributed by atoms with Crippen LogP contribution >= 0.6 is 11.3 Å². The van der Waals surface area contributed by atoms with Crippen LogP contribution in [0.25, 0.3) is 10.2 Å². The lowest BCUT2D eigenvalue weighted by molar-refractivity contribution is -0.170. The molecule has 2 atom stereocenters. The van der Waals surface area contributed by atoms with E-state index >= 15 is 0 Å². The van der Waals surface area contributed by atoms with Crippen molar-refractivity contribution in [2.45, 2.75) is 51.1 Å². The number of esters is 1. The highest BCUT2D eigenvalue weighted by atomic mass is 32.1. The Morgan fingerprint density at radius 3 is 2.52 bits per heavy atom. The zero-order chi connectivity index (χ0) is 19.4. The van der Waals surface area contributed by atoms with Gasteiger partial charge in [0.1, 0.15) is 6.10 Å². The zero-order valence-corrected chi connectivity index (χ0v) is 16.4. The number of para-hydroxylation sites is 1. The molecule has 0 N–H and O–H groups in total. The maximum atomic E-state index is 12.9. The highest BCUT2D eigenvalue weighted by molar-refractivity contribution is 7.16. The van der Waals surface area contributed by atoms with Gasteiger partial charge in [-0.2, -0.15) is 0 Å². The van der Waals surface area contributed by atoms with E-state index in [1.54, 1.807) is 32.1 Å². The summed E-state index contributed by atoms with van der Waals surface area (Å²) in [7, 11) is 0. The molecule has 0 amide bonds. The second kappa shape index (κ2) is 6.00. The minimum atomic E-state index is -1.70. The van der Waals surface area contributed by atoms with Gasteiger partial charge < -0.3 is 14.2 Å². The molecule has 27 heavy (non-hydrogen) atoms. The molecule has 0 saturated carbocycles. The molecule has 2 fully saturated rings. The minimum absolute atomic E-state index is 0.306. The summed E-state index contributed by atoms with van der Waals surface area (Å²) >= 11 is 1.05. The third kappa shape index (κ3) is 3.12. The number of carbonyl (C=O) groups excluding carboxylic acids is 1. The maximum Gasteiger partial charge on any atom is 0.367 e. The van der Waals surface area contributed by atoms with Crippen molar-refractivity contribution in [3.63, 3.8) is 0 Å². The first-order chi connectivity index (χ1) is 12.6. The molecule has 8 heteroatoms. The molecule has 3 heterocycles. The Morgan fingerprint density at radius 2 is 1.89 bits per heavy atom. The van der Waals surface area contributed by atoms with Crippen LogP contribution in [0.15, 0.2) is 41.2 Å². The van der Waals surface area contributed by atoms with Crippen LogP contribution in [0.2, 0.25) is 0 Å². The quantitative estimate of drug-likeness (QED) is 0.592. The molecule has 0 spiro atoms. The van der Waals surface area contributed by atoms with E-state index in [4.69, 9.17) is 18.9 Å². The van der Waals surface area contributed by atoms with Crippen LogP contribution in [0.5, 0.6) is 0 Å². The number of hydrogen-bond acceptors (Lipinski definition) is 7. The van der Waals surface area contributed by atoms with Gasteiger partial charge in [0.05, 0.1) is 16.8 Å². The normalized spacial score (nSPS) is 29.6. The van der Waals surface area contributed by atoms with Gasteiger partial charge in [-0.1, -0.05) is 29.5 Å². The molecule has 0 bridgehead atoms. The van der Waals surface area contributed by atoms with E-state index in [2.05, 4.69) is 0 Å².